The molecule has 4 aromatic rings. The third-order valence-electron chi connectivity index (χ3n) is 7.53. The zero-order valence-electron chi connectivity index (χ0n) is 21.5. The molecule has 2 unspecified atom stereocenters. The van der Waals surface area contributed by atoms with Gasteiger partial charge >= 0.3 is 0 Å². The summed E-state index contributed by atoms with van der Waals surface area (Å²) in [5.74, 6) is 2.81. The number of ether oxygens (including phenoxy) is 1. The van der Waals surface area contributed by atoms with Crippen molar-refractivity contribution in [3.63, 3.8) is 0 Å². The van der Waals surface area contributed by atoms with Gasteiger partial charge in [0.1, 0.15) is 11.6 Å². The summed E-state index contributed by atoms with van der Waals surface area (Å²) in [7, 11) is 1.93. The molecule has 0 saturated carbocycles. The van der Waals surface area contributed by atoms with Crippen molar-refractivity contribution < 1.29 is 9.53 Å². The van der Waals surface area contributed by atoms with E-state index in [9.17, 15) is 4.79 Å². The minimum Gasteiger partial charge on any atom is -0.493 e. The second-order valence-corrected chi connectivity index (χ2v) is 10.2. The van der Waals surface area contributed by atoms with Gasteiger partial charge in [-0.1, -0.05) is 49.4 Å². The average molecular weight is 482 g/mol. The molecular formula is C31H35N3O2. The Morgan fingerprint density at radius 1 is 1.08 bits per heavy atom. The molecule has 0 aliphatic carbocycles. The Bertz CT molecular complexity index is 1340. The van der Waals surface area contributed by atoms with Crippen LogP contribution in [0.2, 0.25) is 0 Å². The summed E-state index contributed by atoms with van der Waals surface area (Å²) in [5, 5.41) is 0. The first-order valence-electron chi connectivity index (χ1n) is 13.0. The minimum atomic E-state index is 0.223. The number of benzene rings is 3. The summed E-state index contributed by atoms with van der Waals surface area (Å²) in [6.45, 7) is 5.64. The highest BCUT2D eigenvalue weighted by Gasteiger charge is 2.26. The lowest BCUT2D eigenvalue weighted by Gasteiger charge is -2.29. The van der Waals surface area contributed by atoms with E-state index in [0.29, 0.717) is 24.9 Å². The van der Waals surface area contributed by atoms with Crippen LogP contribution in [0.4, 0.5) is 0 Å². The summed E-state index contributed by atoms with van der Waals surface area (Å²) in [5.41, 5.74) is 6.86. The average Bonchev–Trinajstić information content (AvgIpc) is 3.26. The van der Waals surface area contributed by atoms with Crippen LogP contribution < -0.4 is 4.74 Å². The SMILES string of the molecule is Cc1nc2ccc(-c3ccc4c(c3)CC(C)C(CC(=O)N(C)CCc3ccccc3)CCO4)cc2[nH]1. The number of H-pyrrole nitrogens is 1. The van der Waals surface area contributed by atoms with E-state index >= 15 is 0 Å². The van der Waals surface area contributed by atoms with Crippen molar-refractivity contribution in [2.45, 2.75) is 39.5 Å². The fraction of sp³-hybridized carbons (Fsp3) is 0.355. The number of hydrogen-bond acceptors (Lipinski definition) is 3. The topological polar surface area (TPSA) is 58.2 Å². The Labute approximate surface area is 213 Å². The molecule has 0 spiro atoms. The predicted octanol–water partition coefficient (Wildman–Crippen LogP) is 6.21. The van der Waals surface area contributed by atoms with Gasteiger partial charge in [-0.25, -0.2) is 4.98 Å². The van der Waals surface area contributed by atoms with E-state index < -0.39 is 0 Å². The van der Waals surface area contributed by atoms with Crippen molar-refractivity contribution in [1.29, 1.82) is 0 Å². The molecule has 5 rings (SSSR count). The number of amides is 1. The number of nitrogens with zero attached hydrogens (tertiary/aromatic N) is 2. The number of fused-ring (bicyclic) bond motifs is 2. The van der Waals surface area contributed by atoms with Gasteiger partial charge in [-0.15, -0.1) is 0 Å². The second kappa shape index (κ2) is 10.6. The fourth-order valence-electron chi connectivity index (χ4n) is 5.24. The Kier molecular flexibility index (Phi) is 7.08. The fourth-order valence-corrected chi connectivity index (χ4v) is 5.24. The van der Waals surface area contributed by atoms with Crippen molar-refractivity contribution in [1.82, 2.24) is 14.9 Å². The molecule has 0 radical (unpaired) electrons. The van der Waals surface area contributed by atoms with Gasteiger partial charge in [-0.3, -0.25) is 4.79 Å². The molecule has 1 aromatic heterocycles. The number of carbonyl (C=O) groups excluding carboxylic acids is 1. The first-order valence-corrected chi connectivity index (χ1v) is 13.0. The molecule has 0 bridgehead atoms. The van der Waals surface area contributed by atoms with Gasteiger partial charge in [-0.2, -0.15) is 0 Å². The van der Waals surface area contributed by atoms with Gasteiger partial charge in [0.25, 0.3) is 0 Å². The molecule has 1 N–H and O–H groups in total. The molecule has 3 aromatic carbocycles. The van der Waals surface area contributed by atoms with E-state index in [4.69, 9.17) is 4.74 Å². The molecule has 186 valence electrons. The molecule has 5 nitrogen and oxygen atoms in total. The van der Waals surface area contributed by atoms with E-state index in [-0.39, 0.29) is 5.91 Å². The maximum atomic E-state index is 13.0. The summed E-state index contributed by atoms with van der Waals surface area (Å²) < 4.78 is 6.18. The zero-order chi connectivity index (χ0) is 25.1. The Balaban J connectivity index is 1.26. The summed E-state index contributed by atoms with van der Waals surface area (Å²) in [6.07, 6.45) is 3.25. The number of imidazole rings is 1. The molecular weight excluding hydrogens is 446 g/mol. The van der Waals surface area contributed by atoms with Crippen LogP contribution in [0.25, 0.3) is 22.2 Å². The monoisotopic (exact) mass is 481 g/mol. The van der Waals surface area contributed by atoms with Gasteiger partial charge in [0.2, 0.25) is 5.91 Å². The van der Waals surface area contributed by atoms with Crippen LogP contribution in [-0.2, 0) is 17.6 Å². The highest BCUT2D eigenvalue weighted by molar-refractivity contribution is 5.82. The van der Waals surface area contributed by atoms with Crippen LogP contribution in [0.5, 0.6) is 5.75 Å². The standard InChI is InChI=1S/C31H35N3O2/c1-21-17-27-18-25(26-9-11-28-29(19-26)33-22(2)32-28)10-12-30(27)36-16-14-24(21)20-31(35)34(3)15-13-23-7-5-4-6-8-23/h4-12,18-19,21,24H,13-17,20H2,1-3H3,(H,32,33). The molecule has 1 amide bonds. The van der Waals surface area contributed by atoms with Gasteiger partial charge in [0.15, 0.2) is 0 Å². The van der Waals surface area contributed by atoms with Crippen LogP contribution in [0.15, 0.2) is 66.7 Å². The molecule has 0 fully saturated rings. The molecule has 1 aliphatic heterocycles. The summed E-state index contributed by atoms with van der Waals surface area (Å²) in [6, 6.07) is 23.2. The first-order chi connectivity index (χ1) is 17.5. The molecule has 2 heterocycles. The lowest BCUT2D eigenvalue weighted by Crippen LogP contribution is -2.33. The predicted molar refractivity (Wildman–Crippen MR) is 145 cm³/mol. The van der Waals surface area contributed by atoms with Crippen molar-refractivity contribution >= 4 is 16.9 Å². The molecule has 5 heteroatoms. The Hall–Kier alpha value is -3.60. The minimum absolute atomic E-state index is 0.223. The molecule has 0 saturated heterocycles. The van der Waals surface area contributed by atoms with Gasteiger partial charge in [0, 0.05) is 20.0 Å². The van der Waals surface area contributed by atoms with E-state index in [1.165, 1.54) is 16.7 Å². The third-order valence-corrected chi connectivity index (χ3v) is 7.53. The summed E-state index contributed by atoms with van der Waals surface area (Å²) >= 11 is 0. The van der Waals surface area contributed by atoms with Crippen LogP contribution in [0.1, 0.15) is 36.7 Å². The summed E-state index contributed by atoms with van der Waals surface area (Å²) in [4.78, 5) is 22.8. The third kappa shape index (κ3) is 5.46. The highest BCUT2D eigenvalue weighted by Crippen LogP contribution is 2.34. The lowest BCUT2D eigenvalue weighted by atomic mass is 9.82. The van der Waals surface area contributed by atoms with Crippen molar-refractivity contribution in [3.05, 3.63) is 83.7 Å². The van der Waals surface area contributed by atoms with Crippen LogP contribution >= 0.6 is 0 Å². The number of aromatic amines is 1. The molecule has 36 heavy (non-hydrogen) atoms. The van der Waals surface area contributed by atoms with E-state index in [2.05, 4.69) is 65.4 Å². The van der Waals surface area contributed by atoms with E-state index in [0.717, 1.165) is 54.0 Å². The number of rotatable bonds is 6. The first kappa shape index (κ1) is 24.1. The van der Waals surface area contributed by atoms with Gasteiger partial charge in [0.05, 0.1) is 17.6 Å². The van der Waals surface area contributed by atoms with Crippen LogP contribution in [-0.4, -0.2) is 41.0 Å². The van der Waals surface area contributed by atoms with Crippen molar-refractivity contribution in [3.8, 4) is 16.9 Å². The van der Waals surface area contributed by atoms with E-state index in [1.807, 2.05) is 37.1 Å². The highest BCUT2D eigenvalue weighted by atomic mass is 16.5. The van der Waals surface area contributed by atoms with Crippen molar-refractivity contribution in [2.75, 3.05) is 20.2 Å². The van der Waals surface area contributed by atoms with Gasteiger partial charge < -0.3 is 14.6 Å². The lowest BCUT2D eigenvalue weighted by molar-refractivity contribution is -0.131. The number of likely N-dealkylation sites (N-methyl/N-ethyl adjacent to an activating group) is 1. The number of nitrogens with one attached hydrogen (secondary N) is 1. The number of aromatic nitrogens is 2. The Morgan fingerprint density at radius 2 is 1.86 bits per heavy atom. The van der Waals surface area contributed by atoms with Crippen LogP contribution in [0, 0.1) is 18.8 Å². The number of carbonyl (C=O) groups is 1. The largest absolute Gasteiger partial charge is 0.493 e. The number of hydrogen-bond donors (Lipinski definition) is 1. The van der Waals surface area contributed by atoms with E-state index in [1.54, 1.807) is 0 Å². The zero-order valence-corrected chi connectivity index (χ0v) is 21.5. The van der Waals surface area contributed by atoms with Gasteiger partial charge in [-0.05, 0) is 84.5 Å². The second-order valence-electron chi connectivity index (χ2n) is 10.2. The number of aryl methyl sites for hydroxylation is 1. The Morgan fingerprint density at radius 3 is 2.69 bits per heavy atom. The molecule has 1 aliphatic rings. The maximum absolute atomic E-state index is 13.0. The smallest absolute Gasteiger partial charge is 0.222 e. The molecule has 2 atom stereocenters. The quantitative estimate of drug-likeness (QED) is 0.356. The van der Waals surface area contributed by atoms with Crippen LogP contribution in [0.3, 0.4) is 0 Å². The normalized spacial score (nSPS) is 17.6. The van der Waals surface area contributed by atoms with Crippen molar-refractivity contribution in [2.24, 2.45) is 11.8 Å². The maximum Gasteiger partial charge on any atom is 0.222 e.